The van der Waals surface area contributed by atoms with E-state index in [1.165, 1.54) is 0 Å². The van der Waals surface area contributed by atoms with Crippen molar-refractivity contribution < 1.29 is 9.13 Å². The molecule has 0 radical (unpaired) electrons. The lowest BCUT2D eigenvalue weighted by atomic mass is 9.85. The Hall–Kier alpha value is -2.65. The monoisotopic (exact) mass is 406 g/mol. The van der Waals surface area contributed by atoms with Crippen LogP contribution in [-0.4, -0.2) is 42.4 Å². The van der Waals surface area contributed by atoms with E-state index in [0.29, 0.717) is 11.5 Å². The van der Waals surface area contributed by atoms with Gasteiger partial charge < -0.3 is 9.64 Å². The Morgan fingerprint density at radius 2 is 1.90 bits per heavy atom. The van der Waals surface area contributed by atoms with Gasteiger partial charge >= 0.3 is 0 Å². The molecule has 5 nitrogen and oxygen atoms in total. The zero-order valence-corrected chi connectivity index (χ0v) is 17.4. The van der Waals surface area contributed by atoms with Gasteiger partial charge in [0.15, 0.2) is 5.65 Å². The standard InChI is InChI=1S/C24H27FN4O/c1-16-22(18-8-12-30-13-9-18)19(15-26)23-27-20-4-2-3-5-21(20)29(23)24(16)28-10-6-17(14-25)7-11-28/h2-5,17-18H,6-14H2,1H3. The van der Waals surface area contributed by atoms with Crippen LogP contribution in [0.15, 0.2) is 24.3 Å². The Balaban J connectivity index is 1.78. The van der Waals surface area contributed by atoms with Crippen LogP contribution in [0.2, 0.25) is 0 Å². The molecule has 0 aliphatic carbocycles. The molecule has 4 heterocycles. The van der Waals surface area contributed by atoms with Crippen LogP contribution in [0.25, 0.3) is 16.7 Å². The van der Waals surface area contributed by atoms with E-state index in [9.17, 15) is 9.65 Å². The predicted octanol–water partition coefficient (Wildman–Crippen LogP) is 4.75. The molecule has 2 saturated heterocycles. The molecule has 2 fully saturated rings. The minimum atomic E-state index is -0.239. The maximum absolute atomic E-state index is 13.2. The fraction of sp³-hybridized carbons (Fsp3) is 0.500. The van der Waals surface area contributed by atoms with E-state index in [1.807, 2.05) is 18.2 Å². The Labute approximate surface area is 176 Å². The summed E-state index contributed by atoms with van der Waals surface area (Å²) in [6.45, 7) is 5.03. The average Bonchev–Trinajstić information content (AvgIpc) is 3.18. The maximum Gasteiger partial charge on any atom is 0.157 e. The van der Waals surface area contributed by atoms with E-state index < -0.39 is 0 Å². The number of piperidine rings is 1. The number of fused-ring (bicyclic) bond motifs is 3. The van der Waals surface area contributed by atoms with Crippen LogP contribution in [0.1, 0.15) is 48.3 Å². The van der Waals surface area contributed by atoms with Crippen LogP contribution in [-0.2, 0) is 4.74 Å². The third-order valence-electron chi connectivity index (χ3n) is 6.88. The highest BCUT2D eigenvalue weighted by Gasteiger charge is 2.30. The van der Waals surface area contributed by atoms with Crippen LogP contribution in [0.4, 0.5) is 10.2 Å². The van der Waals surface area contributed by atoms with Crippen molar-refractivity contribution in [1.82, 2.24) is 9.38 Å². The Morgan fingerprint density at radius 3 is 2.60 bits per heavy atom. The summed E-state index contributed by atoms with van der Waals surface area (Å²) in [6.07, 6.45) is 3.57. The molecule has 156 valence electrons. The molecule has 0 amide bonds. The normalized spacial score (nSPS) is 18.9. The quantitative estimate of drug-likeness (QED) is 0.630. The molecule has 30 heavy (non-hydrogen) atoms. The first kappa shape index (κ1) is 19.3. The van der Waals surface area contributed by atoms with Gasteiger partial charge in [-0.05, 0) is 67.7 Å². The highest BCUT2D eigenvalue weighted by atomic mass is 19.1. The van der Waals surface area contributed by atoms with Gasteiger partial charge in [-0.2, -0.15) is 5.26 Å². The van der Waals surface area contributed by atoms with Gasteiger partial charge in [-0.3, -0.25) is 8.79 Å². The molecule has 0 saturated carbocycles. The lowest BCUT2D eigenvalue weighted by Crippen LogP contribution is -2.36. The number of ether oxygens (including phenoxy) is 1. The second-order valence-electron chi connectivity index (χ2n) is 8.58. The van der Waals surface area contributed by atoms with E-state index >= 15 is 0 Å². The first-order valence-electron chi connectivity index (χ1n) is 10.9. The van der Waals surface area contributed by atoms with E-state index in [4.69, 9.17) is 9.72 Å². The van der Waals surface area contributed by atoms with Gasteiger partial charge in [0.2, 0.25) is 0 Å². The minimum absolute atomic E-state index is 0.157. The topological polar surface area (TPSA) is 53.6 Å². The van der Waals surface area contributed by atoms with Crippen molar-refractivity contribution in [3.05, 3.63) is 41.0 Å². The molecule has 0 unspecified atom stereocenters. The zero-order valence-electron chi connectivity index (χ0n) is 17.4. The van der Waals surface area contributed by atoms with Crippen LogP contribution in [0.5, 0.6) is 0 Å². The Morgan fingerprint density at radius 1 is 1.17 bits per heavy atom. The largest absolute Gasteiger partial charge is 0.381 e. The van der Waals surface area contributed by atoms with Crippen molar-refractivity contribution in [2.45, 2.75) is 38.5 Å². The minimum Gasteiger partial charge on any atom is -0.381 e. The summed E-state index contributed by atoms with van der Waals surface area (Å²) in [5.41, 5.74) is 5.65. The summed E-state index contributed by atoms with van der Waals surface area (Å²) in [5.74, 6) is 1.58. The molecule has 0 bridgehead atoms. The summed E-state index contributed by atoms with van der Waals surface area (Å²) >= 11 is 0. The van der Waals surface area contributed by atoms with Gasteiger partial charge in [0.05, 0.1) is 23.3 Å². The molecular formula is C24H27FN4O. The van der Waals surface area contributed by atoms with Gasteiger partial charge in [0.1, 0.15) is 11.9 Å². The van der Waals surface area contributed by atoms with Crippen molar-refractivity contribution in [1.29, 1.82) is 5.26 Å². The lowest BCUT2D eigenvalue weighted by Gasteiger charge is -2.36. The van der Waals surface area contributed by atoms with Gasteiger partial charge in [0, 0.05) is 26.3 Å². The number of hydrogen-bond acceptors (Lipinski definition) is 4. The predicted molar refractivity (Wildman–Crippen MR) is 116 cm³/mol. The SMILES string of the molecule is Cc1c(C2CCOCC2)c(C#N)c2nc3ccccc3n2c1N1CCC(CF)CC1. The number of alkyl halides is 1. The van der Waals surface area contributed by atoms with Gasteiger partial charge in [-0.1, -0.05) is 12.1 Å². The number of rotatable bonds is 3. The van der Waals surface area contributed by atoms with Crippen LogP contribution >= 0.6 is 0 Å². The second kappa shape index (κ2) is 7.88. The summed E-state index contributed by atoms with van der Waals surface area (Å²) in [5, 5.41) is 10.2. The molecule has 2 aromatic heterocycles. The van der Waals surface area contributed by atoms with Crippen molar-refractivity contribution in [3.8, 4) is 6.07 Å². The zero-order chi connectivity index (χ0) is 20.7. The van der Waals surface area contributed by atoms with E-state index in [1.54, 1.807) is 0 Å². The molecule has 0 spiro atoms. The third-order valence-corrected chi connectivity index (χ3v) is 6.88. The Bertz CT molecular complexity index is 1120. The van der Waals surface area contributed by atoms with E-state index in [-0.39, 0.29) is 12.6 Å². The number of pyridine rings is 1. The highest BCUT2D eigenvalue weighted by Crippen LogP contribution is 2.40. The average molecular weight is 407 g/mol. The molecule has 2 aliphatic rings. The number of para-hydroxylation sites is 2. The molecule has 3 aromatic rings. The molecular weight excluding hydrogens is 379 g/mol. The molecule has 0 N–H and O–H groups in total. The smallest absolute Gasteiger partial charge is 0.157 e. The molecule has 0 atom stereocenters. The second-order valence-corrected chi connectivity index (χ2v) is 8.58. The Kier molecular flexibility index (Phi) is 5.08. The number of benzene rings is 1. The number of aromatic nitrogens is 2. The van der Waals surface area contributed by atoms with E-state index in [0.717, 1.165) is 85.6 Å². The molecule has 5 rings (SSSR count). The third kappa shape index (κ3) is 3.04. The van der Waals surface area contributed by atoms with Gasteiger partial charge in [-0.25, -0.2) is 4.98 Å². The first-order valence-corrected chi connectivity index (χ1v) is 10.9. The number of nitrogens with zero attached hydrogens (tertiary/aromatic N) is 4. The molecule has 1 aromatic carbocycles. The number of imidazole rings is 1. The van der Waals surface area contributed by atoms with Crippen molar-refractivity contribution in [2.75, 3.05) is 37.9 Å². The first-order chi connectivity index (χ1) is 14.7. The van der Waals surface area contributed by atoms with Gasteiger partial charge in [-0.15, -0.1) is 0 Å². The fourth-order valence-electron chi connectivity index (χ4n) is 5.29. The van der Waals surface area contributed by atoms with Crippen LogP contribution in [0.3, 0.4) is 0 Å². The molecule has 2 aliphatic heterocycles. The highest BCUT2D eigenvalue weighted by molar-refractivity contribution is 5.86. The summed E-state index contributed by atoms with van der Waals surface area (Å²) in [4.78, 5) is 7.27. The van der Waals surface area contributed by atoms with Crippen molar-refractivity contribution >= 4 is 22.5 Å². The van der Waals surface area contributed by atoms with Crippen LogP contribution in [0, 0.1) is 24.2 Å². The summed E-state index contributed by atoms with van der Waals surface area (Å²) in [6, 6.07) is 10.6. The summed E-state index contributed by atoms with van der Waals surface area (Å²) in [7, 11) is 0. The fourth-order valence-corrected chi connectivity index (χ4v) is 5.29. The van der Waals surface area contributed by atoms with Crippen molar-refractivity contribution in [3.63, 3.8) is 0 Å². The number of hydrogen-bond donors (Lipinski definition) is 0. The van der Waals surface area contributed by atoms with Gasteiger partial charge in [0.25, 0.3) is 0 Å². The lowest BCUT2D eigenvalue weighted by molar-refractivity contribution is 0.0852. The number of nitriles is 1. The number of anilines is 1. The van der Waals surface area contributed by atoms with Crippen molar-refractivity contribution in [2.24, 2.45) is 5.92 Å². The molecule has 6 heteroatoms. The summed E-state index contributed by atoms with van der Waals surface area (Å²) < 4.78 is 21.0. The maximum atomic E-state index is 13.2. The number of halogens is 1. The van der Waals surface area contributed by atoms with E-state index in [2.05, 4.69) is 28.4 Å². The van der Waals surface area contributed by atoms with Crippen LogP contribution < -0.4 is 4.90 Å².